The molecule has 0 saturated heterocycles. The summed E-state index contributed by atoms with van der Waals surface area (Å²) in [5.41, 5.74) is 1.90. The third-order valence-corrected chi connectivity index (χ3v) is 3.29. The Balaban J connectivity index is 2.15. The molecule has 1 N–H and O–H groups in total. The van der Waals surface area contributed by atoms with Gasteiger partial charge in [0, 0.05) is 24.2 Å². The first-order valence-electron chi connectivity index (χ1n) is 5.54. The van der Waals surface area contributed by atoms with Crippen LogP contribution in [0.3, 0.4) is 0 Å². The van der Waals surface area contributed by atoms with Gasteiger partial charge in [0.15, 0.2) is 5.82 Å². The topological polar surface area (TPSA) is 60.1 Å². The molecule has 6 heteroatoms. The zero-order valence-electron chi connectivity index (χ0n) is 9.39. The Bertz CT molecular complexity index is 619. The van der Waals surface area contributed by atoms with Gasteiger partial charge in [0.2, 0.25) is 0 Å². The third kappa shape index (κ3) is 1.64. The van der Waals surface area contributed by atoms with Crippen molar-refractivity contribution in [3.05, 3.63) is 45.5 Å². The maximum Gasteiger partial charge on any atom is 0.311 e. The number of benzene rings is 1. The average molecular weight is 264 g/mol. The Hall–Kier alpha value is -2.01. The molecule has 0 radical (unpaired) electrons. The predicted octanol–water partition coefficient (Wildman–Crippen LogP) is 3.14. The van der Waals surface area contributed by atoms with Crippen LogP contribution in [0.25, 0.3) is 11.3 Å². The highest BCUT2D eigenvalue weighted by molar-refractivity contribution is 6.30. The molecule has 1 aromatic carbocycles. The van der Waals surface area contributed by atoms with Gasteiger partial charge in [-0.15, -0.1) is 0 Å². The molecule has 0 unspecified atom stereocenters. The van der Waals surface area contributed by atoms with Crippen molar-refractivity contribution in [2.75, 3.05) is 11.9 Å². The predicted molar refractivity (Wildman–Crippen MR) is 70.0 cm³/mol. The number of nitrogens with zero attached hydrogens (tertiary/aromatic N) is 2. The van der Waals surface area contributed by atoms with Crippen LogP contribution in [0.5, 0.6) is 0 Å². The van der Waals surface area contributed by atoms with Crippen molar-refractivity contribution in [1.29, 1.82) is 0 Å². The van der Waals surface area contributed by atoms with Crippen molar-refractivity contribution in [2.24, 2.45) is 0 Å². The molecule has 18 heavy (non-hydrogen) atoms. The minimum atomic E-state index is -0.358. The van der Waals surface area contributed by atoms with Crippen LogP contribution in [0, 0.1) is 10.1 Å². The fourth-order valence-corrected chi connectivity index (χ4v) is 2.36. The van der Waals surface area contributed by atoms with E-state index in [-0.39, 0.29) is 10.6 Å². The summed E-state index contributed by atoms with van der Waals surface area (Å²) in [5, 5.41) is 14.7. The van der Waals surface area contributed by atoms with Gasteiger partial charge in [-0.3, -0.25) is 10.1 Å². The minimum Gasteiger partial charge on any atom is -0.364 e. The standard InChI is InChI=1S/C12H10ClN3O2/c13-9-3-1-8(2-4-9)10-7-11(16(17)18)12-14-5-6-15(10)12/h1-4,7,14H,5-6H2. The van der Waals surface area contributed by atoms with Gasteiger partial charge in [0.05, 0.1) is 10.6 Å². The number of hydrogen-bond donors (Lipinski definition) is 1. The molecule has 0 fully saturated rings. The molecular weight excluding hydrogens is 254 g/mol. The first-order valence-corrected chi connectivity index (χ1v) is 5.92. The van der Waals surface area contributed by atoms with Crippen molar-refractivity contribution >= 4 is 23.1 Å². The Morgan fingerprint density at radius 2 is 2.06 bits per heavy atom. The van der Waals surface area contributed by atoms with Gasteiger partial charge in [-0.1, -0.05) is 23.7 Å². The minimum absolute atomic E-state index is 0.123. The summed E-state index contributed by atoms with van der Waals surface area (Å²) in [6.07, 6.45) is 0. The summed E-state index contributed by atoms with van der Waals surface area (Å²) in [6, 6.07) is 8.90. The molecule has 1 aliphatic heterocycles. The van der Waals surface area contributed by atoms with E-state index in [9.17, 15) is 10.1 Å². The largest absolute Gasteiger partial charge is 0.364 e. The van der Waals surface area contributed by atoms with Gasteiger partial charge < -0.3 is 9.88 Å². The zero-order valence-corrected chi connectivity index (χ0v) is 10.1. The highest BCUT2D eigenvalue weighted by atomic mass is 35.5. The Kier molecular flexibility index (Phi) is 2.48. The molecule has 0 bridgehead atoms. The van der Waals surface area contributed by atoms with E-state index >= 15 is 0 Å². The van der Waals surface area contributed by atoms with Crippen LogP contribution in [-0.4, -0.2) is 16.0 Å². The van der Waals surface area contributed by atoms with Crippen LogP contribution in [0.15, 0.2) is 30.3 Å². The number of halogens is 1. The Morgan fingerprint density at radius 3 is 2.72 bits per heavy atom. The third-order valence-electron chi connectivity index (χ3n) is 3.04. The molecular formula is C12H10ClN3O2. The van der Waals surface area contributed by atoms with Crippen molar-refractivity contribution in [3.8, 4) is 11.3 Å². The van der Waals surface area contributed by atoms with Crippen LogP contribution in [-0.2, 0) is 6.54 Å². The first-order chi connectivity index (χ1) is 8.66. The summed E-state index contributed by atoms with van der Waals surface area (Å²) in [6.45, 7) is 1.46. The SMILES string of the molecule is O=[N+]([O-])c1cc(-c2ccc(Cl)cc2)n2c1NCC2. The van der Waals surface area contributed by atoms with Crippen molar-refractivity contribution in [1.82, 2.24) is 4.57 Å². The molecule has 1 aliphatic rings. The van der Waals surface area contributed by atoms with Crippen LogP contribution in [0.2, 0.25) is 5.02 Å². The lowest BCUT2D eigenvalue weighted by Crippen LogP contribution is -1.96. The number of nitro groups is 1. The van der Waals surface area contributed by atoms with Crippen LogP contribution >= 0.6 is 11.6 Å². The summed E-state index contributed by atoms with van der Waals surface area (Å²) >= 11 is 5.84. The molecule has 0 aliphatic carbocycles. The lowest BCUT2D eigenvalue weighted by Gasteiger charge is -2.04. The van der Waals surface area contributed by atoms with E-state index in [1.54, 1.807) is 18.2 Å². The van der Waals surface area contributed by atoms with Crippen molar-refractivity contribution in [2.45, 2.75) is 6.54 Å². The van der Waals surface area contributed by atoms with Crippen LogP contribution in [0.4, 0.5) is 11.5 Å². The molecule has 0 amide bonds. The molecule has 2 heterocycles. The summed E-state index contributed by atoms with van der Waals surface area (Å²) in [5.74, 6) is 0.588. The second-order valence-corrected chi connectivity index (χ2v) is 4.54. The molecule has 2 aromatic rings. The molecule has 92 valence electrons. The number of anilines is 1. The van der Waals surface area contributed by atoms with E-state index in [0.29, 0.717) is 10.8 Å². The van der Waals surface area contributed by atoms with Gasteiger partial charge in [0.25, 0.3) is 0 Å². The Labute approximate surface area is 108 Å². The smallest absolute Gasteiger partial charge is 0.311 e. The average Bonchev–Trinajstić information content (AvgIpc) is 2.91. The van der Waals surface area contributed by atoms with Gasteiger partial charge in [-0.25, -0.2) is 0 Å². The van der Waals surface area contributed by atoms with Gasteiger partial charge >= 0.3 is 5.69 Å². The number of aromatic nitrogens is 1. The zero-order chi connectivity index (χ0) is 12.7. The van der Waals surface area contributed by atoms with E-state index in [0.717, 1.165) is 24.3 Å². The maximum absolute atomic E-state index is 11.0. The van der Waals surface area contributed by atoms with E-state index in [1.165, 1.54) is 0 Å². The number of rotatable bonds is 2. The van der Waals surface area contributed by atoms with E-state index in [4.69, 9.17) is 11.6 Å². The quantitative estimate of drug-likeness (QED) is 0.669. The number of nitrogens with one attached hydrogen (secondary N) is 1. The van der Waals surface area contributed by atoms with Crippen molar-refractivity contribution in [3.63, 3.8) is 0 Å². The second kappa shape index (κ2) is 4.03. The summed E-state index contributed by atoms with van der Waals surface area (Å²) < 4.78 is 1.93. The summed E-state index contributed by atoms with van der Waals surface area (Å²) in [7, 11) is 0. The second-order valence-electron chi connectivity index (χ2n) is 4.11. The molecule has 0 saturated carbocycles. The van der Waals surface area contributed by atoms with Gasteiger partial charge in [-0.05, 0) is 17.7 Å². The van der Waals surface area contributed by atoms with E-state index in [1.807, 2.05) is 16.7 Å². The molecule has 1 aromatic heterocycles. The highest BCUT2D eigenvalue weighted by Crippen LogP contribution is 2.37. The van der Waals surface area contributed by atoms with Crippen LogP contribution < -0.4 is 5.32 Å². The van der Waals surface area contributed by atoms with Crippen LogP contribution in [0.1, 0.15) is 0 Å². The fourth-order valence-electron chi connectivity index (χ4n) is 2.24. The number of fused-ring (bicyclic) bond motifs is 1. The lowest BCUT2D eigenvalue weighted by atomic mass is 10.1. The molecule has 0 atom stereocenters. The molecule has 0 spiro atoms. The van der Waals surface area contributed by atoms with Gasteiger partial charge in [-0.2, -0.15) is 0 Å². The van der Waals surface area contributed by atoms with E-state index < -0.39 is 0 Å². The number of hydrogen-bond acceptors (Lipinski definition) is 3. The maximum atomic E-state index is 11.0. The first kappa shape index (κ1) is 11.1. The Morgan fingerprint density at radius 1 is 1.33 bits per heavy atom. The highest BCUT2D eigenvalue weighted by Gasteiger charge is 2.27. The van der Waals surface area contributed by atoms with E-state index in [2.05, 4.69) is 5.32 Å². The van der Waals surface area contributed by atoms with Gasteiger partial charge in [0.1, 0.15) is 0 Å². The lowest BCUT2D eigenvalue weighted by molar-refractivity contribution is -0.383. The van der Waals surface area contributed by atoms with Crippen molar-refractivity contribution < 1.29 is 4.92 Å². The summed E-state index contributed by atoms with van der Waals surface area (Å²) in [4.78, 5) is 10.6. The fraction of sp³-hybridized carbons (Fsp3) is 0.167. The monoisotopic (exact) mass is 263 g/mol. The molecule has 3 rings (SSSR count). The molecule has 5 nitrogen and oxygen atoms in total. The normalized spacial score (nSPS) is 13.2.